The molecule has 0 saturated carbocycles. The molecule has 2 heterocycles. The molecule has 0 atom stereocenters. The van der Waals surface area contributed by atoms with Gasteiger partial charge in [0.15, 0.2) is 0 Å². The Labute approximate surface area is 137 Å². The van der Waals surface area contributed by atoms with Crippen LogP contribution in [0.3, 0.4) is 0 Å². The van der Waals surface area contributed by atoms with Crippen molar-refractivity contribution in [3.05, 3.63) is 77.0 Å². The van der Waals surface area contributed by atoms with Gasteiger partial charge in [-0.2, -0.15) is 0 Å². The summed E-state index contributed by atoms with van der Waals surface area (Å²) in [6.45, 7) is 0.517. The number of carbonyl (C=O) groups is 1. The molecule has 4 rings (SSSR count). The van der Waals surface area contributed by atoms with Crippen molar-refractivity contribution in [1.82, 2.24) is 14.1 Å². The van der Waals surface area contributed by atoms with E-state index in [1.54, 1.807) is 21.5 Å². The van der Waals surface area contributed by atoms with Gasteiger partial charge in [-0.25, -0.2) is 4.98 Å². The molecule has 0 fully saturated rings. The van der Waals surface area contributed by atoms with E-state index in [4.69, 9.17) is 0 Å². The summed E-state index contributed by atoms with van der Waals surface area (Å²) in [7, 11) is 0. The number of aromatic nitrogens is 3. The zero-order valence-electron chi connectivity index (χ0n) is 12.9. The molecule has 118 valence electrons. The number of fused-ring (bicyclic) bond motifs is 2. The first kappa shape index (κ1) is 14.4. The highest BCUT2D eigenvalue weighted by molar-refractivity contribution is 5.88. The largest absolute Gasteiger partial charge is 0.298 e. The molecule has 0 bridgehead atoms. The highest BCUT2D eigenvalue weighted by Gasteiger charge is 2.09. The third-order valence-electron chi connectivity index (χ3n) is 4.29. The summed E-state index contributed by atoms with van der Waals surface area (Å²) >= 11 is 0. The molecule has 5 heteroatoms. The van der Waals surface area contributed by atoms with Crippen LogP contribution in [0.4, 0.5) is 0 Å². The van der Waals surface area contributed by atoms with Gasteiger partial charge in [-0.3, -0.25) is 18.7 Å². The van der Waals surface area contributed by atoms with Crippen LogP contribution >= 0.6 is 0 Å². The van der Waals surface area contributed by atoms with Crippen molar-refractivity contribution < 1.29 is 4.79 Å². The van der Waals surface area contributed by atoms with Crippen LogP contribution in [-0.4, -0.2) is 20.5 Å². The van der Waals surface area contributed by atoms with Crippen molar-refractivity contribution in [2.24, 2.45) is 0 Å². The molecule has 0 aliphatic heterocycles. The zero-order chi connectivity index (χ0) is 16.5. The summed E-state index contributed by atoms with van der Waals surface area (Å²) in [6.07, 6.45) is 4.87. The van der Waals surface area contributed by atoms with Crippen LogP contribution in [0.1, 0.15) is 5.56 Å². The maximum atomic E-state index is 12.5. The Balaban J connectivity index is 1.70. The van der Waals surface area contributed by atoms with Crippen LogP contribution in [0.15, 0.2) is 65.8 Å². The lowest BCUT2D eigenvalue weighted by Crippen LogP contribution is -2.21. The number of hydrogen-bond donors (Lipinski definition) is 0. The molecular formula is C19H15N3O2. The first-order valence-electron chi connectivity index (χ1n) is 7.76. The summed E-state index contributed by atoms with van der Waals surface area (Å²) in [5.41, 5.74) is 2.58. The van der Waals surface area contributed by atoms with E-state index in [2.05, 4.69) is 4.98 Å². The van der Waals surface area contributed by atoms with Gasteiger partial charge >= 0.3 is 0 Å². The normalized spacial score (nSPS) is 11.2. The van der Waals surface area contributed by atoms with Crippen molar-refractivity contribution in [3.63, 3.8) is 0 Å². The molecule has 0 N–H and O–H groups in total. The quantitative estimate of drug-likeness (QED) is 0.544. The van der Waals surface area contributed by atoms with Crippen molar-refractivity contribution in [1.29, 1.82) is 0 Å². The summed E-state index contributed by atoms with van der Waals surface area (Å²) in [4.78, 5) is 28.1. The molecule has 5 nitrogen and oxygen atoms in total. The molecule has 0 unspecified atom stereocenters. The Morgan fingerprint density at radius 1 is 1.00 bits per heavy atom. The third-order valence-corrected chi connectivity index (χ3v) is 4.29. The lowest BCUT2D eigenvalue weighted by molar-refractivity contribution is 0.549. The van der Waals surface area contributed by atoms with Gasteiger partial charge in [-0.1, -0.05) is 30.3 Å². The number of para-hydroxylation sites is 2. The van der Waals surface area contributed by atoms with E-state index in [9.17, 15) is 9.59 Å². The number of benzene rings is 2. The van der Waals surface area contributed by atoms with Crippen molar-refractivity contribution in [2.75, 3.05) is 0 Å². The fraction of sp³-hybridized carbons (Fsp3) is 0.105. The Morgan fingerprint density at radius 3 is 2.58 bits per heavy atom. The fourth-order valence-electron chi connectivity index (χ4n) is 3.07. The van der Waals surface area contributed by atoms with Gasteiger partial charge in [0.05, 0.1) is 22.7 Å². The Kier molecular flexibility index (Phi) is 3.46. The van der Waals surface area contributed by atoms with Crippen molar-refractivity contribution in [2.45, 2.75) is 13.0 Å². The van der Waals surface area contributed by atoms with Gasteiger partial charge in [0.2, 0.25) is 6.41 Å². The number of hydrogen-bond acceptors (Lipinski definition) is 3. The van der Waals surface area contributed by atoms with Crippen LogP contribution < -0.4 is 5.56 Å². The van der Waals surface area contributed by atoms with Crippen LogP contribution in [0.2, 0.25) is 0 Å². The van der Waals surface area contributed by atoms with E-state index >= 15 is 0 Å². The predicted octanol–water partition coefficient (Wildman–Crippen LogP) is 2.63. The number of aryl methyl sites for hydroxylation is 2. The van der Waals surface area contributed by atoms with Gasteiger partial charge < -0.3 is 0 Å². The highest BCUT2D eigenvalue weighted by Crippen LogP contribution is 2.21. The Morgan fingerprint density at radius 2 is 1.75 bits per heavy atom. The molecule has 2 aromatic heterocycles. The van der Waals surface area contributed by atoms with Gasteiger partial charge in [-0.05, 0) is 30.2 Å². The third kappa shape index (κ3) is 2.31. The van der Waals surface area contributed by atoms with Crippen LogP contribution in [-0.2, 0) is 17.8 Å². The molecule has 0 saturated heterocycles. The van der Waals surface area contributed by atoms with E-state index in [-0.39, 0.29) is 5.56 Å². The molecule has 0 spiro atoms. The monoisotopic (exact) mass is 317 g/mol. The van der Waals surface area contributed by atoms with Crippen LogP contribution in [0.25, 0.3) is 21.8 Å². The summed E-state index contributed by atoms with van der Waals surface area (Å²) < 4.78 is 3.20. The molecular weight excluding hydrogens is 302 g/mol. The van der Waals surface area contributed by atoms with Gasteiger partial charge in [0, 0.05) is 18.1 Å². The SMILES string of the molecule is O=Cn1cc(CCn2cnc3ccccc3c2=O)c2ccccc21. The van der Waals surface area contributed by atoms with E-state index in [1.165, 1.54) is 0 Å². The van der Waals surface area contributed by atoms with Gasteiger partial charge in [0.1, 0.15) is 0 Å². The van der Waals surface area contributed by atoms with Crippen LogP contribution in [0.5, 0.6) is 0 Å². The summed E-state index contributed by atoms with van der Waals surface area (Å²) in [5.74, 6) is 0. The lowest BCUT2D eigenvalue weighted by Gasteiger charge is -2.06. The van der Waals surface area contributed by atoms with E-state index < -0.39 is 0 Å². The first-order valence-corrected chi connectivity index (χ1v) is 7.76. The number of carbonyl (C=O) groups excluding carboxylic acids is 1. The topological polar surface area (TPSA) is 56.9 Å². The minimum absolute atomic E-state index is 0.0419. The maximum Gasteiger partial charge on any atom is 0.261 e. The predicted molar refractivity (Wildman–Crippen MR) is 93.8 cm³/mol. The fourth-order valence-corrected chi connectivity index (χ4v) is 3.07. The Bertz CT molecular complexity index is 1110. The van der Waals surface area contributed by atoms with E-state index in [0.717, 1.165) is 22.9 Å². The number of rotatable bonds is 4. The maximum absolute atomic E-state index is 12.5. The first-order chi connectivity index (χ1) is 11.8. The minimum atomic E-state index is -0.0419. The van der Waals surface area contributed by atoms with Crippen molar-refractivity contribution in [3.8, 4) is 0 Å². The van der Waals surface area contributed by atoms with Crippen LogP contribution in [0, 0.1) is 0 Å². The smallest absolute Gasteiger partial charge is 0.261 e. The minimum Gasteiger partial charge on any atom is -0.298 e. The summed E-state index contributed by atoms with van der Waals surface area (Å²) in [6, 6.07) is 15.1. The second-order valence-corrected chi connectivity index (χ2v) is 5.69. The van der Waals surface area contributed by atoms with E-state index in [1.807, 2.05) is 48.7 Å². The standard InChI is InChI=1S/C19H15N3O2/c23-13-22-11-14(15-5-2-4-8-18(15)22)9-10-21-12-20-17-7-3-1-6-16(17)19(21)24/h1-8,11-13H,9-10H2. The molecule has 2 aromatic carbocycles. The highest BCUT2D eigenvalue weighted by atomic mass is 16.1. The summed E-state index contributed by atoms with van der Waals surface area (Å²) in [5, 5.41) is 1.65. The van der Waals surface area contributed by atoms with Gasteiger partial charge in [0.25, 0.3) is 5.56 Å². The van der Waals surface area contributed by atoms with Crippen molar-refractivity contribution >= 4 is 28.2 Å². The molecule has 0 aliphatic carbocycles. The second kappa shape index (κ2) is 5.77. The van der Waals surface area contributed by atoms with Gasteiger partial charge in [-0.15, -0.1) is 0 Å². The van der Waals surface area contributed by atoms with E-state index in [0.29, 0.717) is 23.9 Å². The molecule has 0 aliphatic rings. The second-order valence-electron chi connectivity index (χ2n) is 5.69. The molecule has 0 radical (unpaired) electrons. The average Bonchev–Trinajstić information content (AvgIpc) is 2.99. The Hall–Kier alpha value is -3.21. The lowest BCUT2D eigenvalue weighted by atomic mass is 10.1. The zero-order valence-corrected chi connectivity index (χ0v) is 12.9. The molecule has 4 aromatic rings. The molecule has 24 heavy (non-hydrogen) atoms. The number of nitrogens with zero attached hydrogens (tertiary/aromatic N) is 3. The molecule has 0 amide bonds. The average molecular weight is 317 g/mol.